The Kier molecular flexibility index (Phi) is 7.26. The first-order chi connectivity index (χ1) is 15.3. The zero-order valence-electron chi connectivity index (χ0n) is 17.0. The first-order valence-corrected chi connectivity index (χ1v) is 9.69. The van der Waals surface area contributed by atoms with E-state index in [4.69, 9.17) is 0 Å². The van der Waals surface area contributed by atoms with Gasteiger partial charge in [-0.3, -0.25) is 9.59 Å². The van der Waals surface area contributed by atoms with E-state index >= 15 is 0 Å². The van der Waals surface area contributed by atoms with E-state index in [9.17, 15) is 27.9 Å². The largest absolute Gasteiger partial charge is 0.435 e. The Hall–Kier alpha value is -3.66. The first kappa shape index (κ1) is 23.0. The van der Waals surface area contributed by atoms with Crippen molar-refractivity contribution in [3.63, 3.8) is 0 Å². The fourth-order valence-electron chi connectivity index (χ4n) is 2.93. The molecule has 2 N–H and O–H groups in total. The highest BCUT2D eigenvalue weighted by molar-refractivity contribution is 5.95. The highest BCUT2D eigenvalue weighted by Gasteiger charge is 2.20. The SMILES string of the molecule is CC[C@@H](CO)NC(=O)c1cc(-c2ccc(OC(F)F)cc2)nn(-c2cccc(F)c2)c1=O. The fourth-order valence-corrected chi connectivity index (χ4v) is 2.93. The van der Waals surface area contributed by atoms with Gasteiger partial charge in [-0.15, -0.1) is 0 Å². The van der Waals surface area contributed by atoms with Crippen molar-refractivity contribution in [2.45, 2.75) is 26.0 Å². The van der Waals surface area contributed by atoms with Crippen LogP contribution < -0.4 is 15.6 Å². The summed E-state index contributed by atoms with van der Waals surface area (Å²) in [7, 11) is 0. The third-order valence-electron chi connectivity index (χ3n) is 4.63. The normalized spacial score (nSPS) is 11.9. The molecule has 2 aromatic carbocycles. The molecule has 1 aromatic heterocycles. The number of aromatic nitrogens is 2. The Bertz CT molecular complexity index is 1150. The van der Waals surface area contributed by atoms with Gasteiger partial charge >= 0.3 is 6.61 Å². The molecule has 0 saturated carbocycles. The number of aliphatic hydroxyl groups excluding tert-OH is 1. The van der Waals surface area contributed by atoms with E-state index in [0.29, 0.717) is 12.0 Å². The number of hydrogen-bond donors (Lipinski definition) is 2. The van der Waals surface area contributed by atoms with Crippen LogP contribution in [0.1, 0.15) is 23.7 Å². The summed E-state index contributed by atoms with van der Waals surface area (Å²) in [5.74, 6) is -1.41. The van der Waals surface area contributed by atoms with Gasteiger partial charge in [0, 0.05) is 5.56 Å². The number of benzene rings is 2. The molecule has 1 amide bonds. The molecule has 0 saturated heterocycles. The van der Waals surface area contributed by atoms with Crippen molar-refractivity contribution in [2.24, 2.45) is 0 Å². The lowest BCUT2D eigenvalue weighted by molar-refractivity contribution is -0.0498. The minimum absolute atomic E-state index is 0.0751. The highest BCUT2D eigenvalue weighted by Crippen LogP contribution is 2.22. The van der Waals surface area contributed by atoms with Gasteiger partial charge in [-0.05, 0) is 55.0 Å². The molecular weight excluding hydrogens is 427 g/mol. The number of alkyl halides is 2. The lowest BCUT2D eigenvalue weighted by atomic mass is 10.1. The van der Waals surface area contributed by atoms with Crippen LogP contribution in [0.25, 0.3) is 16.9 Å². The van der Waals surface area contributed by atoms with Gasteiger partial charge in [0.05, 0.1) is 24.0 Å². The molecule has 0 bridgehead atoms. The average molecular weight is 447 g/mol. The van der Waals surface area contributed by atoms with Crippen LogP contribution in [-0.2, 0) is 0 Å². The summed E-state index contributed by atoms with van der Waals surface area (Å²) in [6.45, 7) is -1.54. The van der Waals surface area contributed by atoms with E-state index in [1.165, 1.54) is 48.5 Å². The van der Waals surface area contributed by atoms with Crippen molar-refractivity contribution in [2.75, 3.05) is 6.61 Å². The molecule has 7 nitrogen and oxygen atoms in total. The summed E-state index contributed by atoms with van der Waals surface area (Å²) in [4.78, 5) is 25.8. The second-order valence-corrected chi connectivity index (χ2v) is 6.80. The third kappa shape index (κ3) is 5.33. The van der Waals surface area contributed by atoms with E-state index < -0.39 is 29.9 Å². The third-order valence-corrected chi connectivity index (χ3v) is 4.63. The number of carbonyl (C=O) groups excluding carboxylic acids is 1. The van der Waals surface area contributed by atoms with Crippen molar-refractivity contribution in [1.29, 1.82) is 0 Å². The topological polar surface area (TPSA) is 93.4 Å². The molecule has 10 heteroatoms. The standard InChI is InChI=1S/C22H20F3N3O4/c1-2-15(12-29)26-20(30)18-11-19(13-6-8-17(9-7-13)32-22(24)25)27-28(21(18)31)16-5-3-4-14(23)10-16/h3-11,15,22,29H,2,12H2,1H3,(H,26,30)/t15-/m0/s1. The van der Waals surface area contributed by atoms with E-state index in [1.54, 1.807) is 6.92 Å². The molecule has 0 radical (unpaired) electrons. The molecule has 0 spiro atoms. The number of ether oxygens (including phenoxy) is 1. The van der Waals surface area contributed by atoms with Gasteiger partial charge in [0.2, 0.25) is 0 Å². The number of carbonyl (C=O) groups is 1. The molecule has 168 valence electrons. The Morgan fingerprint density at radius 1 is 1.19 bits per heavy atom. The number of rotatable bonds is 8. The van der Waals surface area contributed by atoms with Crippen LogP contribution >= 0.6 is 0 Å². The Labute approximate surface area is 181 Å². The van der Waals surface area contributed by atoms with Gasteiger partial charge < -0.3 is 15.2 Å². The van der Waals surface area contributed by atoms with E-state index in [2.05, 4.69) is 15.2 Å². The van der Waals surface area contributed by atoms with Crippen molar-refractivity contribution >= 4 is 5.91 Å². The van der Waals surface area contributed by atoms with E-state index in [1.807, 2.05) is 0 Å². The average Bonchev–Trinajstić information content (AvgIpc) is 2.77. The van der Waals surface area contributed by atoms with Crippen LogP contribution in [0.3, 0.4) is 0 Å². The molecule has 3 aromatic rings. The number of aliphatic hydroxyl groups is 1. The predicted octanol–water partition coefficient (Wildman–Crippen LogP) is 3.14. The Morgan fingerprint density at radius 2 is 1.91 bits per heavy atom. The van der Waals surface area contributed by atoms with E-state index in [0.717, 1.165) is 10.7 Å². The van der Waals surface area contributed by atoms with E-state index in [-0.39, 0.29) is 29.3 Å². The minimum Gasteiger partial charge on any atom is -0.435 e. The monoisotopic (exact) mass is 447 g/mol. The Morgan fingerprint density at radius 3 is 2.50 bits per heavy atom. The van der Waals surface area contributed by atoms with Crippen molar-refractivity contribution in [1.82, 2.24) is 15.1 Å². The van der Waals surface area contributed by atoms with Crippen LogP contribution in [0, 0.1) is 5.82 Å². The maximum absolute atomic E-state index is 13.8. The molecule has 0 unspecified atom stereocenters. The zero-order valence-corrected chi connectivity index (χ0v) is 17.0. The predicted molar refractivity (Wildman–Crippen MR) is 110 cm³/mol. The molecule has 1 heterocycles. The molecule has 1 atom stereocenters. The van der Waals surface area contributed by atoms with Crippen molar-refractivity contribution < 1.29 is 27.8 Å². The zero-order chi connectivity index (χ0) is 23.3. The van der Waals surface area contributed by atoms with Gasteiger partial charge in [0.15, 0.2) is 0 Å². The summed E-state index contributed by atoms with van der Waals surface area (Å²) in [6, 6.07) is 11.3. The second kappa shape index (κ2) is 10.1. The molecule has 0 fully saturated rings. The lowest BCUT2D eigenvalue weighted by Gasteiger charge is -2.15. The number of hydrogen-bond acceptors (Lipinski definition) is 5. The molecule has 0 aliphatic rings. The molecule has 0 aliphatic heterocycles. The second-order valence-electron chi connectivity index (χ2n) is 6.80. The Balaban J connectivity index is 2.12. The maximum atomic E-state index is 13.8. The van der Waals surface area contributed by atoms with Gasteiger partial charge in [-0.2, -0.15) is 18.6 Å². The first-order valence-electron chi connectivity index (χ1n) is 9.69. The smallest absolute Gasteiger partial charge is 0.387 e. The van der Waals surface area contributed by atoms with Crippen LogP contribution in [0.4, 0.5) is 13.2 Å². The number of halogens is 3. The highest BCUT2D eigenvalue weighted by atomic mass is 19.3. The van der Waals surface area contributed by atoms with Gasteiger partial charge in [-0.25, -0.2) is 4.39 Å². The van der Waals surface area contributed by atoms with Crippen LogP contribution in [0.15, 0.2) is 59.4 Å². The van der Waals surface area contributed by atoms with Crippen LogP contribution in [0.2, 0.25) is 0 Å². The number of nitrogens with zero attached hydrogens (tertiary/aromatic N) is 2. The molecule has 3 rings (SSSR count). The summed E-state index contributed by atoms with van der Waals surface area (Å²) >= 11 is 0. The molecular formula is C22H20F3N3O4. The van der Waals surface area contributed by atoms with Gasteiger partial charge in [0.1, 0.15) is 17.1 Å². The fraction of sp³-hybridized carbons (Fsp3) is 0.227. The minimum atomic E-state index is -2.98. The number of nitrogens with one attached hydrogen (secondary N) is 1. The summed E-state index contributed by atoms with van der Waals surface area (Å²) in [5.41, 5.74) is -0.404. The number of amides is 1. The van der Waals surface area contributed by atoms with Crippen LogP contribution in [-0.4, -0.2) is 40.1 Å². The lowest BCUT2D eigenvalue weighted by Crippen LogP contribution is -2.40. The molecule has 32 heavy (non-hydrogen) atoms. The maximum Gasteiger partial charge on any atom is 0.387 e. The van der Waals surface area contributed by atoms with Gasteiger partial charge in [-0.1, -0.05) is 13.0 Å². The molecule has 0 aliphatic carbocycles. The quantitative estimate of drug-likeness (QED) is 0.554. The summed E-state index contributed by atoms with van der Waals surface area (Å²) in [5, 5.41) is 16.1. The van der Waals surface area contributed by atoms with Crippen molar-refractivity contribution in [3.05, 3.63) is 76.3 Å². The summed E-state index contributed by atoms with van der Waals surface area (Å²) in [6.07, 6.45) is 0.434. The van der Waals surface area contributed by atoms with Crippen molar-refractivity contribution in [3.8, 4) is 22.7 Å². The van der Waals surface area contributed by atoms with Crippen LogP contribution in [0.5, 0.6) is 5.75 Å². The summed E-state index contributed by atoms with van der Waals surface area (Å²) < 4.78 is 43.8. The van der Waals surface area contributed by atoms with Gasteiger partial charge in [0.25, 0.3) is 11.5 Å².